The van der Waals surface area contributed by atoms with Gasteiger partial charge in [0.25, 0.3) is 5.91 Å². The first-order valence-electron chi connectivity index (χ1n) is 10.0. The van der Waals surface area contributed by atoms with Crippen LogP contribution < -0.4 is 15.4 Å². The fraction of sp³-hybridized carbons (Fsp3) is 0.286. The maximum atomic E-state index is 13.2. The van der Waals surface area contributed by atoms with Crippen molar-refractivity contribution in [1.29, 1.82) is 0 Å². The molecule has 0 aliphatic carbocycles. The summed E-state index contributed by atoms with van der Waals surface area (Å²) in [6.45, 7) is 0.997. The van der Waals surface area contributed by atoms with Crippen LogP contribution in [0.5, 0.6) is 0 Å². The van der Waals surface area contributed by atoms with Gasteiger partial charge in [-0.3, -0.25) is 14.4 Å². The highest BCUT2D eigenvalue weighted by molar-refractivity contribution is 8.01. The summed E-state index contributed by atoms with van der Waals surface area (Å²) in [5.41, 5.74) is 0.937. The molecule has 2 aromatic rings. The Morgan fingerprint density at radius 2 is 1.72 bits per heavy atom. The highest BCUT2D eigenvalue weighted by Crippen LogP contribution is 2.40. The minimum atomic E-state index is -3.84. The lowest BCUT2D eigenvalue weighted by molar-refractivity contribution is -0.134. The molecule has 168 valence electrons. The number of primary sulfonamides is 1. The molecule has 2 heterocycles. The van der Waals surface area contributed by atoms with Gasteiger partial charge in [-0.15, -0.1) is 11.8 Å². The summed E-state index contributed by atoms with van der Waals surface area (Å²) in [5, 5.41) is 6.80. The molecule has 2 aliphatic rings. The largest absolute Gasteiger partial charge is 0.341 e. The number of likely N-dealkylation sites (tertiary alicyclic amines) is 1. The van der Waals surface area contributed by atoms with Crippen molar-refractivity contribution < 1.29 is 22.8 Å². The van der Waals surface area contributed by atoms with Crippen molar-refractivity contribution in [2.75, 3.05) is 29.9 Å². The van der Waals surface area contributed by atoms with Crippen molar-refractivity contribution in [1.82, 2.24) is 4.90 Å². The highest BCUT2D eigenvalue weighted by Gasteiger charge is 2.41. The van der Waals surface area contributed by atoms with E-state index in [1.807, 2.05) is 12.1 Å². The van der Waals surface area contributed by atoms with E-state index in [9.17, 15) is 22.8 Å². The summed E-state index contributed by atoms with van der Waals surface area (Å²) in [6, 6.07) is 12.6. The average Bonchev–Trinajstić information content (AvgIpc) is 3.30. The molecule has 0 radical (unpaired) electrons. The maximum absolute atomic E-state index is 13.2. The lowest BCUT2D eigenvalue weighted by Crippen LogP contribution is -2.51. The van der Waals surface area contributed by atoms with Crippen molar-refractivity contribution in [3.63, 3.8) is 0 Å². The van der Waals surface area contributed by atoms with Crippen molar-refractivity contribution in [2.24, 2.45) is 5.14 Å². The molecule has 32 heavy (non-hydrogen) atoms. The standard InChI is InChI=1S/C21H22N4O5S2/c22-32(29,30)15-9-7-14(8-10-15)23-18(26)13-25-16-5-1-2-6-17(16)31-19(21(25)28)20(27)24-11-3-4-12-24/h1-2,5-10,19H,3-4,11-13H2,(H,23,26)(H2,22,29,30)/t19-/m0/s1. The van der Waals surface area contributed by atoms with E-state index < -0.39 is 27.1 Å². The Balaban J connectivity index is 1.52. The number of nitrogens with one attached hydrogen (secondary N) is 1. The molecule has 9 nitrogen and oxygen atoms in total. The second-order valence-corrected chi connectivity index (χ2v) is 10.2. The van der Waals surface area contributed by atoms with Crippen molar-refractivity contribution >= 4 is 50.9 Å². The quantitative estimate of drug-likeness (QED) is 0.630. The summed E-state index contributed by atoms with van der Waals surface area (Å²) in [4.78, 5) is 42.6. The number of hydrogen-bond donors (Lipinski definition) is 2. The molecule has 0 saturated carbocycles. The first kappa shape index (κ1) is 22.3. The molecule has 2 aliphatic heterocycles. The minimum Gasteiger partial charge on any atom is -0.341 e. The second-order valence-electron chi connectivity index (χ2n) is 7.54. The number of carbonyl (C=O) groups is 3. The number of rotatable bonds is 5. The van der Waals surface area contributed by atoms with E-state index in [4.69, 9.17) is 5.14 Å². The molecule has 0 aromatic heterocycles. The molecule has 0 unspecified atom stereocenters. The zero-order chi connectivity index (χ0) is 22.9. The molecule has 0 spiro atoms. The SMILES string of the molecule is NS(=O)(=O)c1ccc(NC(=O)CN2C(=O)[C@H](C(=O)N3CCCC3)Sc3ccccc32)cc1. The molecule has 2 aromatic carbocycles. The number of thioether (sulfide) groups is 1. The summed E-state index contributed by atoms with van der Waals surface area (Å²) < 4.78 is 22.8. The van der Waals surface area contributed by atoms with Crippen LogP contribution >= 0.6 is 11.8 Å². The van der Waals surface area contributed by atoms with E-state index in [-0.39, 0.29) is 17.3 Å². The van der Waals surface area contributed by atoms with Crippen LogP contribution in [0.15, 0.2) is 58.3 Å². The van der Waals surface area contributed by atoms with Crippen LogP contribution in [0.3, 0.4) is 0 Å². The smallest absolute Gasteiger partial charge is 0.250 e. The number of benzene rings is 2. The van der Waals surface area contributed by atoms with Crippen LogP contribution in [-0.4, -0.2) is 55.9 Å². The van der Waals surface area contributed by atoms with E-state index in [0.717, 1.165) is 17.7 Å². The molecule has 11 heteroatoms. The van der Waals surface area contributed by atoms with Gasteiger partial charge in [-0.05, 0) is 49.2 Å². The van der Waals surface area contributed by atoms with E-state index in [1.54, 1.807) is 17.0 Å². The molecule has 3 amide bonds. The van der Waals surface area contributed by atoms with Crippen LogP contribution in [0.2, 0.25) is 0 Å². The predicted molar refractivity (Wildman–Crippen MR) is 121 cm³/mol. The fourth-order valence-electron chi connectivity index (χ4n) is 3.71. The molecule has 1 atom stereocenters. The van der Waals surface area contributed by atoms with Crippen LogP contribution in [0.4, 0.5) is 11.4 Å². The number of amides is 3. The van der Waals surface area contributed by atoms with Gasteiger partial charge in [-0.1, -0.05) is 12.1 Å². The number of anilines is 2. The maximum Gasteiger partial charge on any atom is 0.250 e. The van der Waals surface area contributed by atoms with Gasteiger partial charge in [0.1, 0.15) is 6.54 Å². The van der Waals surface area contributed by atoms with Gasteiger partial charge in [0.2, 0.25) is 21.8 Å². The van der Waals surface area contributed by atoms with Crippen LogP contribution in [0, 0.1) is 0 Å². The van der Waals surface area contributed by atoms with Gasteiger partial charge in [-0.2, -0.15) is 0 Å². The second kappa shape index (κ2) is 8.93. The lowest BCUT2D eigenvalue weighted by Gasteiger charge is -2.34. The lowest BCUT2D eigenvalue weighted by atomic mass is 10.2. The molecule has 3 N–H and O–H groups in total. The van der Waals surface area contributed by atoms with Gasteiger partial charge < -0.3 is 15.1 Å². The molecular formula is C21H22N4O5S2. The number of nitrogens with zero attached hydrogens (tertiary/aromatic N) is 2. The van der Waals surface area contributed by atoms with Gasteiger partial charge in [0, 0.05) is 23.7 Å². The van der Waals surface area contributed by atoms with Crippen LogP contribution in [0.25, 0.3) is 0 Å². The topological polar surface area (TPSA) is 130 Å². The highest BCUT2D eigenvalue weighted by atomic mass is 32.2. The third-order valence-electron chi connectivity index (χ3n) is 5.30. The number of fused-ring (bicyclic) bond motifs is 1. The van der Waals surface area contributed by atoms with Crippen molar-refractivity contribution in [3.05, 3.63) is 48.5 Å². The molecule has 1 fully saturated rings. The average molecular weight is 475 g/mol. The number of nitrogens with two attached hydrogens (primary N) is 1. The molecule has 4 rings (SSSR count). The molecule has 1 saturated heterocycles. The van der Waals surface area contributed by atoms with E-state index in [0.29, 0.717) is 24.5 Å². The Hall–Kier alpha value is -2.89. The van der Waals surface area contributed by atoms with E-state index in [2.05, 4.69) is 5.32 Å². The Morgan fingerprint density at radius 3 is 2.38 bits per heavy atom. The summed E-state index contributed by atoms with van der Waals surface area (Å²) in [5.74, 6) is -1.13. The molecular weight excluding hydrogens is 452 g/mol. The first-order valence-corrected chi connectivity index (χ1v) is 12.5. The van der Waals surface area contributed by atoms with Crippen LogP contribution in [0.1, 0.15) is 12.8 Å². The van der Waals surface area contributed by atoms with E-state index in [1.165, 1.54) is 40.9 Å². The normalized spacial score (nSPS) is 18.4. The van der Waals surface area contributed by atoms with Crippen molar-refractivity contribution in [2.45, 2.75) is 27.9 Å². The number of hydrogen-bond acceptors (Lipinski definition) is 6. The fourth-order valence-corrected chi connectivity index (χ4v) is 5.42. The Bertz CT molecular complexity index is 1160. The first-order chi connectivity index (χ1) is 15.2. The predicted octanol–water partition coefficient (Wildman–Crippen LogP) is 1.40. The zero-order valence-electron chi connectivity index (χ0n) is 17.1. The summed E-state index contributed by atoms with van der Waals surface area (Å²) >= 11 is 1.22. The summed E-state index contributed by atoms with van der Waals surface area (Å²) in [6.07, 6.45) is 1.84. The van der Waals surface area contributed by atoms with Crippen LogP contribution in [-0.2, 0) is 24.4 Å². The van der Waals surface area contributed by atoms with Gasteiger partial charge in [0.15, 0.2) is 5.25 Å². The van der Waals surface area contributed by atoms with Gasteiger partial charge in [-0.25, -0.2) is 13.6 Å². The molecule has 0 bridgehead atoms. The Labute approximate surface area is 190 Å². The monoisotopic (exact) mass is 474 g/mol. The van der Waals surface area contributed by atoms with E-state index >= 15 is 0 Å². The number of carbonyl (C=O) groups excluding carboxylic acids is 3. The summed E-state index contributed by atoms with van der Waals surface area (Å²) in [7, 11) is -3.84. The zero-order valence-corrected chi connectivity index (χ0v) is 18.7. The third kappa shape index (κ3) is 4.64. The van der Waals surface area contributed by atoms with Crippen molar-refractivity contribution in [3.8, 4) is 0 Å². The number of para-hydroxylation sites is 1. The van der Waals surface area contributed by atoms with Gasteiger partial charge in [0.05, 0.1) is 10.6 Å². The Kier molecular flexibility index (Phi) is 6.22. The third-order valence-corrected chi connectivity index (χ3v) is 7.47. The number of sulfonamides is 1. The van der Waals surface area contributed by atoms with Gasteiger partial charge >= 0.3 is 0 Å². The minimum absolute atomic E-state index is 0.0732. The Morgan fingerprint density at radius 1 is 1.06 bits per heavy atom.